The van der Waals surface area contributed by atoms with Gasteiger partial charge in [-0.2, -0.15) is 0 Å². The molecule has 41 heavy (non-hydrogen) atoms. The Morgan fingerprint density at radius 3 is 2.34 bits per heavy atom. The van der Waals surface area contributed by atoms with Crippen LogP contribution in [-0.2, 0) is 41.3 Å². The van der Waals surface area contributed by atoms with E-state index in [0.29, 0.717) is 5.75 Å². The molecule has 1 heterocycles. The zero-order valence-corrected chi connectivity index (χ0v) is 25.8. The fourth-order valence-electron chi connectivity index (χ4n) is 4.62. The maximum Gasteiger partial charge on any atom is 0.186 e. The zero-order valence-electron chi connectivity index (χ0n) is 24.2. The van der Waals surface area contributed by atoms with Crippen LogP contribution in [0.1, 0.15) is 47.2 Å². The highest BCUT2D eigenvalue weighted by Crippen LogP contribution is 2.28. The molecule has 3 aromatic rings. The van der Waals surface area contributed by atoms with Crippen molar-refractivity contribution in [3.05, 3.63) is 130 Å². The molecule has 4 rings (SSSR count). The summed E-state index contributed by atoms with van der Waals surface area (Å²) in [4.78, 5) is 7.34. The minimum absolute atomic E-state index is 0.699. The number of aromatic nitrogens is 1. The molecule has 0 saturated heterocycles. The van der Waals surface area contributed by atoms with Crippen molar-refractivity contribution in [2.75, 3.05) is 30.6 Å². The predicted octanol–water partition coefficient (Wildman–Crippen LogP) is 7.85. The van der Waals surface area contributed by atoms with Crippen molar-refractivity contribution < 1.29 is 8.95 Å². The number of benzene rings is 2. The van der Waals surface area contributed by atoms with E-state index < -0.39 is 10.8 Å². The van der Waals surface area contributed by atoms with Gasteiger partial charge in [0.1, 0.15) is 0 Å². The second-order valence-corrected chi connectivity index (χ2v) is 12.7. The Labute approximate surface area is 251 Å². The normalized spacial score (nSPS) is 15.4. The highest BCUT2D eigenvalue weighted by molar-refractivity contribution is 7.84. The molecule has 1 unspecified atom stereocenters. The van der Waals surface area contributed by atoms with Crippen molar-refractivity contribution in [1.82, 2.24) is 4.98 Å². The maximum absolute atomic E-state index is 11.7. The highest BCUT2D eigenvalue weighted by Gasteiger charge is 2.14. The Morgan fingerprint density at radius 2 is 1.68 bits per heavy atom. The van der Waals surface area contributed by atoms with Gasteiger partial charge in [0.15, 0.2) is 5.13 Å². The second kappa shape index (κ2) is 16.1. The first-order valence-electron chi connectivity index (χ1n) is 14.1. The van der Waals surface area contributed by atoms with E-state index in [1.807, 2.05) is 18.2 Å². The lowest BCUT2D eigenvalue weighted by molar-refractivity contribution is 0.279. The number of allylic oxidation sites excluding steroid dienone is 6. The van der Waals surface area contributed by atoms with Gasteiger partial charge in [0.2, 0.25) is 0 Å². The minimum atomic E-state index is -0.797. The lowest BCUT2D eigenvalue weighted by Gasteiger charge is -2.22. The van der Waals surface area contributed by atoms with Gasteiger partial charge in [-0.3, -0.25) is 4.21 Å². The molecule has 1 aromatic heterocycles. The van der Waals surface area contributed by atoms with Crippen molar-refractivity contribution in [2.45, 2.75) is 45.1 Å². The largest absolute Gasteiger partial charge is 0.502 e. The van der Waals surface area contributed by atoms with Crippen LogP contribution in [0.2, 0.25) is 0 Å². The number of anilines is 1. The summed E-state index contributed by atoms with van der Waals surface area (Å²) in [5, 5.41) is 3.15. The quantitative estimate of drug-likeness (QED) is 0.135. The van der Waals surface area contributed by atoms with Gasteiger partial charge in [0, 0.05) is 47.7 Å². The van der Waals surface area contributed by atoms with Crippen LogP contribution in [0.5, 0.6) is 0 Å². The molecule has 0 saturated carbocycles. The highest BCUT2D eigenvalue weighted by atomic mass is 32.2. The summed E-state index contributed by atoms with van der Waals surface area (Å²) in [7, 11) is 0.879. The number of aryl methyl sites for hydroxylation is 3. The van der Waals surface area contributed by atoms with Crippen molar-refractivity contribution in [2.24, 2.45) is 0 Å². The molecule has 1 aliphatic rings. The number of thiazole rings is 1. The standard InChI is InChI=1S/C35H40N2O2S2/c1-28(39-2)12-13-29-14-16-30(17-15-29)18-19-31-20-22-32(23-21-31)26-37(24-9-25-41(3)38)35-36-34(27-40-35)33-10-7-5-4-6-8-11-33/h4-5,7-8,11,14-17,20-23,27H,1,9-10,12-13,18-19,24-26H2,2-3H3/b7-5-,33-11+. The summed E-state index contributed by atoms with van der Waals surface area (Å²) in [6, 6.07) is 17.9. The Balaban J connectivity index is 1.37. The summed E-state index contributed by atoms with van der Waals surface area (Å²) >= 11 is 1.68. The molecule has 1 atom stereocenters. The lowest BCUT2D eigenvalue weighted by Crippen LogP contribution is -2.25. The first-order chi connectivity index (χ1) is 20.0. The third kappa shape index (κ3) is 10.2. The molecule has 4 nitrogen and oxygen atoms in total. The summed E-state index contributed by atoms with van der Waals surface area (Å²) in [6.07, 6.45) is 17.5. The summed E-state index contributed by atoms with van der Waals surface area (Å²) in [5.41, 5.74) is 10.6. The van der Waals surface area contributed by atoms with Crippen LogP contribution >= 0.6 is 11.3 Å². The monoisotopic (exact) mass is 584 g/mol. The van der Waals surface area contributed by atoms with Crippen LogP contribution in [-0.4, -0.2) is 34.9 Å². The van der Waals surface area contributed by atoms with Gasteiger partial charge < -0.3 is 9.64 Å². The van der Waals surface area contributed by atoms with Crippen LogP contribution in [0.15, 0.2) is 102 Å². The molecule has 0 fully saturated rings. The van der Waals surface area contributed by atoms with Crippen LogP contribution in [0.25, 0.3) is 5.57 Å². The second-order valence-electron chi connectivity index (χ2n) is 10.3. The molecule has 2 aromatic carbocycles. The molecular formula is C35H40N2O2S2. The van der Waals surface area contributed by atoms with Gasteiger partial charge in [-0.05, 0) is 78.2 Å². The molecule has 0 spiro atoms. The van der Waals surface area contributed by atoms with Gasteiger partial charge in [-0.15, -0.1) is 17.1 Å². The number of hydrogen-bond acceptors (Lipinski definition) is 5. The molecule has 0 radical (unpaired) electrons. The van der Waals surface area contributed by atoms with Crippen molar-refractivity contribution in [1.29, 1.82) is 0 Å². The predicted molar refractivity (Wildman–Crippen MR) is 176 cm³/mol. The van der Waals surface area contributed by atoms with E-state index in [2.05, 4.69) is 83.3 Å². The average Bonchev–Trinajstić information content (AvgIpc) is 3.45. The van der Waals surface area contributed by atoms with E-state index in [4.69, 9.17) is 9.72 Å². The minimum Gasteiger partial charge on any atom is -0.502 e. The summed E-state index contributed by atoms with van der Waals surface area (Å²) in [5.74, 6) is 1.52. The Bertz CT molecular complexity index is 1430. The van der Waals surface area contributed by atoms with E-state index in [9.17, 15) is 4.21 Å². The van der Waals surface area contributed by atoms with E-state index in [1.165, 1.54) is 27.8 Å². The van der Waals surface area contributed by atoms with E-state index in [1.54, 1.807) is 24.7 Å². The molecule has 0 N–H and O–H groups in total. The molecule has 0 bridgehead atoms. The van der Waals surface area contributed by atoms with Crippen LogP contribution in [0.3, 0.4) is 0 Å². The van der Waals surface area contributed by atoms with E-state index in [-0.39, 0.29) is 0 Å². The topological polar surface area (TPSA) is 42.4 Å². The van der Waals surface area contributed by atoms with Gasteiger partial charge >= 0.3 is 0 Å². The summed E-state index contributed by atoms with van der Waals surface area (Å²) < 4.78 is 16.9. The molecule has 6 heteroatoms. The smallest absolute Gasteiger partial charge is 0.186 e. The van der Waals surface area contributed by atoms with E-state index >= 15 is 0 Å². The SMILES string of the molecule is C=C(CCc1ccc(CCc2ccc(CN(CCCS(C)=O)c3nc(/C4=C/C=C=C/C=C\C4)cs3)cc2)cc1)OC. The third-order valence-electron chi connectivity index (χ3n) is 7.10. The molecule has 1 aliphatic carbocycles. The van der Waals surface area contributed by atoms with Crippen LogP contribution < -0.4 is 4.90 Å². The number of hydrogen-bond donors (Lipinski definition) is 0. The Morgan fingerprint density at radius 1 is 1.02 bits per heavy atom. The van der Waals surface area contributed by atoms with Crippen molar-refractivity contribution >= 4 is 32.8 Å². The fraction of sp³-hybridized carbons (Fsp3) is 0.314. The van der Waals surface area contributed by atoms with E-state index in [0.717, 1.165) is 68.2 Å². The first kappa shape index (κ1) is 30.5. The van der Waals surface area contributed by atoms with Gasteiger partial charge in [0.05, 0.1) is 18.6 Å². The number of ether oxygens (including phenoxy) is 1. The number of nitrogens with zero attached hydrogens (tertiary/aromatic N) is 2. The molecular weight excluding hydrogens is 545 g/mol. The Kier molecular flexibility index (Phi) is 12.0. The molecule has 0 amide bonds. The average molecular weight is 585 g/mol. The van der Waals surface area contributed by atoms with Crippen molar-refractivity contribution in [3.8, 4) is 0 Å². The van der Waals surface area contributed by atoms with Gasteiger partial charge in [0.25, 0.3) is 0 Å². The maximum atomic E-state index is 11.7. The van der Waals surface area contributed by atoms with Gasteiger partial charge in [-0.25, -0.2) is 4.98 Å². The molecule has 214 valence electrons. The fourth-order valence-corrected chi connectivity index (χ4v) is 6.03. The third-order valence-corrected chi connectivity index (χ3v) is 8.87. The van der Waals surface area contributed by atoms with Crippen molar-refractivity contribution in [3.63, 3.8) is 0 Å². The number of rotatable bonds is 15. The van der Waals surface area contributed by atoms with Crippen LogP contribution in [0, 0.1) is 0 Å². The van der Waals surface area contributed by atoms with Crippen LogP contribution in [0.4, 0.5) is 5.13 Å². The Hall–Kier alpha value is -3.44. The lowest BCUT2D eigenvalue weighted by atomic mass is 10.0. The zero-order chi connectivity index (χ0) is 28.9. The summed E-state index contributed by atoms with van der Waals surface area (Å²) in [6.45, 7) is 5.51. The van der Waals surface area contributed by atoms with Gasteiger partial charge in [-0.1, -0.05) is 67.3 Å². The first-order valence-corrected chi connectivity index (χ1v) is 16.8. The molecule has 0 aliphatic heterocycles. The number of methoxy groups -OCH3 is 1.